The molecule has 1 aliphatic carbocycles. The quantitative estimate of drug-likeness (QED) is 0.738. The number of ether oxygens (including phenoxy) is 2. The van der Waals surface area contributed by atoms with Crippen LogP contribution in [0.1, 0.15) is 20.7 Å². The first kappa shape index (κ1) is 13.6. The van der Waals surface area contributed by atoms with Crippen LogP contribution in [0.5, 0.6) is 11.5 Å². The molecule has 3 aromatic rings. The van der Waals surface area contributed by atoms with Gasteiger partial charge >= 0.3 is 0 Å². The lowest BCUT2D eigenvalue weighted by molar-refractivity contribution is 0.0816. The number of fused-ring (bicyclic) bond motifs is 5. The van der Waals surface area contributed by atoms with E-state index in [-0.39, 0.29) is 0 Å². The third-order valence-corrected chi connectivity index (χ3v) is 4.18. The normalized spacial score (nSPS) is 13.0. The van der Waals surface area contributed by atoms with Crippen LogP contribution in [0.4, 0.5) is 0 Å². The van der Waals surface area contributed by atoms with Gasteiger partial charge in [-0.1, -0.05) is 18.2 Å². The molecule has 0 aliphatic heterocycles. The summed E-state index contributed by atoms with van der Waals surface area (Å²) in [5.41, 5.74) is 2.86. The van der Waals surface area contributed by atoms with Gasteiger partial charge < -0.3 is 14.5 Å². The predicted octanol–water partition coefficient (Wildman–Crippen LogP) is 3.23. The highest BCUT2D eigenvalue weighted by Gasteiger charge is 2.34. The zero-order chi connectivity index (χ0) is 16.1. The van der Waals surface area contributed by atoms with Crippen molar-refractivity contribution in [1.29, 1.82) is 0 Å². The van der Waals surface area contributed by atoms with Crippen molar-refractivity contribution in [3.05, 3.63) is 47.5 Å². The van der Waals surface area contributed by atoms with Crippen molar-refractivity contribution in [2.45, 2.75) is 0 Å². The number of aromatic nitrogens is 1. The van der Waals surface area contributed by atoms with Crippen molar-refractivity contribution in [1.82, 2.24) is 4.98 Å². The van der Waals surface area contributed by atoms with Gasteiger partial charge in [-0.05, 0) is 18.2 Å². The van der Waals surface area contributed by atoms with Gasteiger partial charge in [-0.15, -0.1) is 0 Å². The van der Waals surface area contributed by atoms with Crippen LogP contribution >= 0.6 is 0 Å². The molecule has 0 bridgehead atoms. The van der Waals surface area contributed by atoms with Crippen LogP contribution in [-0.4, -0.2) is 30.8 Å². The van der Waals surface area contributed by atoms with Crippen LogP contribution in [0, 0.1) is 0 Å². The van der Waals surface area contributed by atoms with E-state index in [0.717, 1.165) is 10.9 Å². The molecule has 4 rings (SSSR count). The number of aromatic amines is 1. The second kappa shape index (κ2) is 4.71. The second-order valence-corrected chi connectivity index (χ2v) is 5.33. The van der Waals surface area contributed by atoms with Crippen LogP contribution in [0.3, 0.4) is 0 Å². The van der Waals surface area contributed by atoms with E-state index >= 15 is 0 Å². The first-order chi connectivity index (χ1) is 11.2. The van der Waals surface area contributed by atoms with Gasteiger partial charge in [0, 0.05) is 22.0 Å². The molecule has 1 aromatic heterocycles. The van der Waals surface area contributed by atoms with Gasteiger partial charge in [-0.25, -0.2) is 0 Å². The number of methoxy groups -OCH3 is 2. The number of H-pyrrole nitrogens is 1. The molecule has 5 nitrogen and oxygen atoms in total. The summed E-state index contributed by atoms with van der Waals surface area (Å²) in [6.07, 6.45) is 0. The molecule has 0 amide bonds. The molecular formula is C18H13NO4. The number of para-hydroxylation sites is 1. The van der Waals surface area contributed by atoms with E-state index in [9.17, 15) is 9.59 Å². The highest BCUT2D eigenvalue weighted by molar-refractivity contribution is 6.54. The van der Waals surface area contributed by atoms with Crippen LogP contribution < -0.4 is 9.47 Å². The Morgan fingerprint density at radius 1 is 0.870 bits per heavy atom. The smallest absolute Gasteiger partial charge is 0.236 e. The topological polar surface area (TPSA) is 68.4 Å². The molecule has 0 saturated carbocycles. The van der Waals surface area contributed by atoms with Gasteiger partial charge in [0.05, 0.1) is 25.5 Å². The van der Waals surface area contributed by atoms with Gasteiger partial charge in [0.15, 0.2) is 11.5 Å². The van der Waals surface area contributed by atoms with E-state index in [0.29, 0.717) is 33.9 Å². The summed E-state index contributed by atoms with van der Waals surface area (Å²) in [5.74, 6) is -0.0969. The van der Waals surface area contributed by atoms with Gasteiger partial charge in [0.25, 0.3) is 0 Å². The van der Waals surface area contributed by atoms with Crippen molar-refractivity contribution < 1.29 is 19.1 Å². The minimum Gasteiger partial charge on any atom is -0.493 e. The van der Waals surface area contributed by atoms with Crippen LogP contribution in [0.2, 0.25) is 0 Å². The van der Waals surface area contributed by atoms with Gasteiger partial charge in [-0.3, -0.25) is 9.59 Å². The Balaban J connectivity index is 2.11. The summed E-state index contributed by atoms with van der Waals surface area (Å²) in [6, 6.07) is 10.7. The zero-order valence-electron chi connectivity index (χ0n) is 12.6. The monoisotopic (exact) mass is 307 g/mol. The van der Waals surface area contributed by atoms with E-state index in [1.165, 1.54) is 14.2 Å². The summed E-state index contributed by atoms with van der Waals surface area (Å²) in [5, 5.41) is 0.751. The molecule has 114 valence electrons. The fourth-order valence-electron chi connectivity index (χ4n) is 3.09. The third kappa shape index (κ3) is 1.73. The van der Waals surface area contributed by atoms with Crippen molar-refractivity contribution >= 4 is 22.5 Å². The summed E-state index contributed by atoms with van der Waals surface area (Å²) in [4.78, 5) is 28.3. The predicted molar refractivity (Wildman–Crippen MR) is 85.5 cm³/mol. The number of carbonyl (C=O) groups is 2. The minimum atomic E-state index is -0.529. The number of hydrogen-bond acceptors (Lipinski definition) is 4. The average molecular weight is 307 g/mol. The first-order valence-electron chi connectivity index (χ1n) is 7.12. The van der Waals surface area contributed by atoms with Crippen molar-refractivity contribution in [3.8, 4) is 22.8 Å². The van der Waals surface area contributed by atoms with Crippen molar-refractivity contribution in [3.63, 3.8) is 0 Å². The molecule has 1 N–H and O–H groups in total. The van der Waals surface area contributed by atoms with E-state index in [2.05, 4.69) is 4.98 Å². The lowest BCUT2D eigenvalue weighted by Gasteiger charge is -2.17. The third-order valence-electron chi connectivity index (χ3n) is 4.18. The molecule has 1 heterocycles. The molecule has 2 aromatic carbocycles. The van der Waals surface area contributed by atoms with E-state index < -0.39 is 11.6 Å². The SMILES string of the molecule is COc1cc2c(cc1OC)-c1[nH]c3ccccc3c1C(=O)C2=O. The minimum absolute atomic E-state index is 0.326. The van der Waals surface area contributed by atoms with Gasteiger partial charge in [0.2, 0.25) is 11.6 Å². The fraction of sp³-hybridized carbons (Fsp3) is 0.111. The van der Waals surface area contributed by atoms with E-state index in [1.54, 1.807) is 12.1 Å². The molecule has 0 radical (unpaired) electrons. The molecule has 0 fully saturated rings. The Kier molecular flexibility index (Phi) is 2.78. The van der Waals surface area contributed by atoms with E-state index in [1.807, 2.05) is 24.3 Å². The van der Waals surface area contributed by atoms with Crippen LogP contribution in [0.15, 0.2) is 36.4 Å². The highest BCUT2D eigenvalue weighted by atomic mass is 16.5. The molecule has 5 heteroatoms. The maximum Gasteiger partial charge on any atom is 0.236 e. The average Bonchev–Trinajstić information content (AvgIpc) is 2.98. The Morgan fingerprint density at radius 3 is 2.22 bits per heavy atom. The first-order valence-corrected chi connectivity index (χ1v) is 7.12. The molecular weight excluding hydrogens is 294 g/mol. The van der Waals surface area contributed by atoms with Crippen LogP contribution in [0.25, 0.3) is 22.2 Å². The summed E-state index contributed by atoms with van der Waals surface area (Å²) < 4.78 is 10.6. The number of carbonyl (C=O) groups excluding carboxylic acids is 2. The summed E-state index contributed by atoms with van der Waals surface area (Å²) >= 11 is 0. The molecule has 0 atom stereocenters. The fourth-order valence-corrected chi connectivity index (χ4v) is 3.09. The zero-order valence-corrected chi connectivity index (χ0v) is 12.6. The van der Waals surface area contributed by atoms with Gasteiger partial charge in [0.1, 0.15) is 0 Å². The number of nitrogens with one attached hydrogen (secondary N) is 1. The Hall–Kier alpha value is -3.08. The molecule has 0 saturated heterocycles. The maximum absolute atomic E-state index is 12.6. The Labute approximate surface area is 131 Å². The number of ketones is 2. The number of hydrogen-bond donors (Lipinski definition) is 1. The van der Waals surface area contributed by atoms with Crippen molar-refractivity contribution in [2.24, 2.45) is 0 Å². The van der Waals surface area contributed by atoms with Crippen molar-refractivity contribution in [2.75, 3.05) is 14.2 Å². The Morgan fingerprint density at radius 2 is 1.52 bits per heavy atom. The molecule has 0 spiro atoms. The molecule has 0 unspecified atom stereocenters. The summed E-state index contributed by atoms with van der Waals surface area (Å²) in [6.45, 7) is 0. The van der Waals surface area contributed by atoms with E-state index in [4.69, 9.17) is 9.47 Å². The second-order valence-electron chi connectivity index (χ2n) is 5.33. The highest BCUT2D eigenvalue weighted by Crippen LogP contribution is 2.42. The molecule has 1 aliphatic rings. The Bertz CT molecular complexity index is 984. The standard InChI is InChI=1S/C18H13NO4/c1-22-13-7-10-11(8-14(13)23-2)17(20)18(21)15-9-5-3-4-6-12(9)19-16(10)15/h3-8,19H,1-2H3. The number of rotatable bonds is 2. The number of benzene rings is 2. The molecule has 23 heavy (non-hydrogen) atoms. The van der Waals surface area contributed by atoms with Gasteiger partial charge in [-0.2, -0.15) is 0 Å². The maximum atomic E-state index is 12.6. The summed E-state index contributed by atoms with van der Waals surface area (Å²) in [7, 11) is 3.03. The van der Waals surface area contributed by atoms with Crippen LogP contribution in [-0.2, 0) is 0 Å². The number of Topliss-reactive ketones (excluding diaryl/α,β-unsaturated/α-hetero) is 2. The lowest BCUT2D eigenvalue weighted by Crippen LogP contribution is -2.20. The lowest BCUT2D eigenvalue weighted by atomic mass is 9.86. The largest absolute Gasteiger partial charge is 0.493 e.